The summed E-state index contributed by atoms with van der Waals surface area (Å²) in [5.74, 6) is 0.301. The van der Waals surface area contributed by atoms with Crippen molar-refractivity contribution in [3.05, 3.63) is 0 Å². The molecule has 1 aliphatic heterocycles. The van der Waals surface area contributed by atoms with Crippen LogP contribution in [0.4, 0.5) is 0 Å². The molecule has 120 valence electrons. The molecule has 3 atom stereocenters. The first-order valence-electron chi connectivity index (χ1n) is 7.97. The van der Waals surface area contributed by atoms with Gasteiger partial charge in [-0.15, -0.1) is 0 Å². The standard InChI is InChI=1S/C15H27N3O3/c1-11(15(20)18-5-7-21-8-6-18)17-14(19)10-12-3-2-4-13(16)9-12/h11-13H,2-10,16H2,1H3,(H,17,19). The Labute approximate surface area is 126 Å². The van der Waals surface area contributed by atoms with E-state index in [-0.39, 0.29) is 17.9 Å². The van der Waals surface area contributed by atoms with Crippen LogP contribution in [-0.2, 0) is 14.3 Å². The average Bonchev–Trinajstić information content (AvgIpc) is 2.47. The predicted octanol–water partition coefficient (Wildman–Crippen LogP) is 0.258. The van der Waals surface area contributed by atoms with Gasteiger partial charge in [0.15, 0.2) is 0 Å². The molecule has 2 fully saturated rings. The van der Waals surface area contributed by atoms with Crippen LogP contribution < -0.4 is 11.1 Å². The number of amides is 2. The molecular weight excluding hydrogens is 270 g/mol. The van der Waals surface area contributed by atoms with Gasteiger partial charge in [-0.05, 0) is 32.1 Å². The van der Waals surface area contributed by atoms with E-state index in [9.17, 15) is 9.59 Å². The molecule has 3 unspecified atom stereocenters. The molecule has 0 aromatic heterocycles. The summed E-state index contributed by atoms with van der Waals surface area (Å²) in [6, 6.07) is -0.239. The third-order valence-electron chi connectivity index (χ3n) is 4.37. The van der Waals surface area contributed by atoms with Crippen molar-refractivity contribution in [2.45, 2.75) is 51.1 Å². The quantitative estimate of drug-likeness (QED) is 0.779. The predicted molar refractivity (Wildman–Crippen MR) is 79.6 cm³/mol. The van der Waals surface area contributed by atoms with E-state index in [0.29, 0.717) is 38.6 Å². The van der Waals surface area contributed by atoms with Crippen molar-refractivity contribution in [2.75, 3.05) is 26.3 Å². The maximum atomic E-state index is 12.2. The molecule has 2 rings (SSSR count). The highest BCUT2D eigenvalue weighted by Gasteiger charge is 2.26. The van der Waals surface area contributed by atoms with Crippen LogP contribution in [-0.4, -0.2) is 55.1 Å². The summed E-state index contributed by atoms with van der Waals surface area (Å²) in [6.07, 6.45) is 4.62. The van der Waals surface area contributed by atoms with Crippen molar-refractivity contribution in [3.8, 4) is 0 Å². The Bertz CT molecular complexity index is 369. The van der Waals surface area contributed by atoms with Gasteiger partial charge in [-0.25, -0.2) is 0 Å². The summed E-state index contributed by atoms with van der Waals surface area (Å²) in [4.78, 5) is 26.0. The highest BCUT2D eigenvalue weighted by Crippen LogP contribution is 2.25. The van der Waals surface area contributed by atoms with Crippen molar-refractivity contribution in [1.29, 1.82) is 0 Å². The number of nitrogens with two attached hydrogens (primary N) is 1. The van der Waals surface area contributed by atoms with Crippen molar-refractivity contribution >= 4 is 11.8 Å². The van der Waals surface area contributed by atoms with E-state index in [4.69, 9.17) is 10.5 Å². The molecule has 2 aliphatic rings. The number of nitrogens with one attached hydrogen (secondary N) is 1. The van der Waals surface area contributed by atoms with Crippen LogP contribution in [0.2, 0.25) is 0 Å². The molecule has 0 bridgehead atoms. The van der Waals surface area contributed by atoms with Crippen molar-refractivity contribution < 1.29 is 14.3 Å². The monoisotopic (exact) mass is 297 g/mol. The zero-order chi connectivity index (χ0) is 15.2. The van der Waals surface area contributed by atoms with E-state index in [1.54, 1.807) is 11.8 Å². The molecule has 1 heterocycles. The van der Waals surface area contributed by atoms with Gasteiger partial charge in [0.25, 0.3) is 0 Å². The van der Waals surface area contributed by atoms with Crippen LogP contribution in [0.1, 0.15) is 39.0 Å². The fraction of sp³-hybridized carbons (Fsp3) is 0.867. The van der Waals surface area contributed by atoms with Crippen LogP contribution in [0, 0.1) is 5.92 Å². The van der Waals surface area contributed by atoms with Gasteiger partial charge in [-0.2, -0.15) is 0 Å². The van der Waals surface area contributed by atoms with Crippen LogP contribution in [0.15, 0.2) is 0 Å². The second-order valence-electron chi connectivity index (χ2n) is 6.22. The lowest BCUT2D eigenvalue weighted by Crippen LogP contribution is -2.50. The number of hydrogen-bond acceptors (Lipinski definition) is 4. The Morgan fingerprint density at radius 1 is 1.33 bits per heavy atom. The molecule has 6 nitrogen and oxygen atoms in total. The van der Waals surface area contributed by atoms with Crippen molar-refractivity contribution in [2.24, 2.45) is 11.7 Å². The zero-order valence-electron chi connectivity index (χ0n) is 12.8. The molecule has 1 saturated carbocycles. The average molecular weight is 297 g/mol. The first kappa shape index (κ1) is 16.2. The number of carbonyl (C=O) groups is 2. The number of ether oxygens (including phenoxy) is 1. The normalized spacial score (nSPS) is 28.0. The molecule has 6 heteroatoms. The summed E-state index contributed by atoms with van der Waals surface area (Å²) in [7, 11) is 0. The maximum absolute atomic E-state index is 12.2. The van der Waals surface area contributed by atoms with Gasteiger partial charge in [-0.1, -0.05) is 6.42 Å². The number of carbonyl (C=O) groups excluding carboxylic acids is 2. The van der Waals surface area contributed by atoms with Gasteiger partial charge < -0.3 is 20.7 Å². The fourth-order valence-electron chi connectivity index (χ4n) is 3.20. The van der Waals surface area contributed by atoms with Crippen LogP contribution in [0.5, 0.6) is 0 Å². The Balaban J connectivity index is 1.74. The largest absolute Gasteiger partial charge is 0.378 e. The summed E-state index contributed by atoms with van der Waals surface area (Å²) in [5, 5.41) is 2.83. The van der Waals surface area contributed by atoms with E-state index >= 15 is 0 Å². The Kier molecular flexibility index (Phi) is 5.99. The van der Waals surface area contributed by atoms with Gasteiger partial charge in [-0.3, -0.25) is 9.59 Å². The highest BCUT2D eigenvalue weighted by molar-refractivity contribution is 5.87. The topological polar surface area (TPSA) is 84.7 Å². The number of rotatable bonds is 4. The minimum Gasteiger partial charge on any atom is -0.378 e. The Hall–Kier alpha value is -1.14. The van der Waals surface area contributed by atoms with E-state index < -0.39 is 6.04 Å². The highest BCUT2D eigenvalue weighted by atomic mass is 16.5. The molecule has 0 spiro atoms. The minimum atomic E-state index is -0.465. The number of hydrogen-bond donors (Lipinski definition) is 2. The first-order chi connectivity index (χ1) is 10.1. The summed E-state index contributed by atoms with van der Waals surface area (Å²) in [6.45, 7) is 4.12. The third-order valence-corrected chi connectivity index (χ3v) is 4.37. The van der Waals surface area contributed by atoms with Gasteiger partial charge in [0.1, 0.15) is 6.04 Å². The lowest BCUT2D eigenvalue weighted by atomic mass is 9.84. The lowest BCUT2D eigenvalue weighted by Gasteiger charge is -2.30. The van der Waals surface area contributed by atoms with Gasteiger partial charge in [0.05, 0.1) is 13.2 Å². The summed E-state index contributed by atoms with van der Waals surface area (Å²) in [5.41, 5.74) is 5.94. The smallest absolute Gasteiger partial charge is 0.245 e. The van der Waals surface area contributed by atoms with E-state index in [2.05, 4.69) is 5.32 Å². The molecule has 0 aromatic rings. The number of nitrogens with zero attached hydrogens (tertiary/aromatic N) is 1. The Morgan fingerprint density at radius 3 is 2.71 bits per heavy atom. The van der Waals surface area contributed by atoms with Crippen molar-refractivity contribution in [1.82, 2.24) is 10.2 Å². The molecule has 1 saturated heterocycles. The molecule has 0 aromatic carbocycles. The molecule has 21 heavy (non-hydrogen) atoms. The Morgan fingerprint density at radius 2 is 2.05 bits per heavy atom. The lowest BCUT2D eigenvalue weighted by molar-refractivity contribution is -0.139. The van der Waals surface area contributed by atoms with Crippen LogP contribution in [0.25, 0.3) is 0 Å². The van der Waals surface area contributed by atoms with E-state index in [0.717, 1.165) is 25.7 Å². The van der Waals surface area contributed by atoms with E-state index in [1.165, 1.54) is 0 Å². The molecular formula is C15H27N3O3. The molecule has 1 aliphatic carbocycles. The molecule has 0 radical (unpaired) electrons. The third kappa shape index (κ3) is 4.97. The summed E-state index contributed by atoms with van der Waals surface area (Å²) >= 11 is 0. The molecule has 3 N–H and O–H groups in total. The van der Waals surface area contributed by atoms with Crippen LogP contribution >= 0.6 is 0 Å². The molecule has 2 amide bonds. The van der Waals surface area contributed by atoms with Crippen molar-refractivity contribution in [3.63, 3.8) is 0 Å². The van der Waals surface area contributed by atoms with Gasteiger partial charge >= 0.3 is 0 Å². The first-order valence-corrected chi connectivity index (χ1v) is 7.97. The van der Waals surface area contributed by atoms with E-state index in [1.807, 2.05) is 0 Å². The summed E-state index contributed by atoms with van der Waals surface area (Å²) < 4.78 is 5.23. The second-order valence-corrected chi connectivity index (χ2v) is 6.22. The minimum absolute atomic E-state index is 0.0213. The fourth-order valence-corrected chi connectivity index (χ4v) is 3.20. The van der Waals surface area contributed by atoms with Gasteiger partial charge in [0, 0.05) is 25.6 Å². The van der Waals surface area contributed by atoms with Crippen LogP contribution in [0.3, 0.4) is 0 Å². The zero-order valence-corrected chi connectivity index (χ0v) is 12.8. The van der Waals surface area contributed by atoms with Gasteiger partial charge in [0.2, 0.25) is 11.8 Å². The second kappa shape index (κ2) is 7.75. The maximum Gasteiger partial charge on any atom is 0.245 e. The SMILES string of the molecule is CC(NC(=O)CC1CCCC(N)C1)C(=O)N1CCOCC1. The number of morpholine rings is 1.